The van der Waals surface area contributed by atoms with Crippen LogP contribution >= 0.6 is 11.6 Å². The molecule has 0 saturated carbocycles. The minimum atomic E-state index is -2.69. The first-order chi connectivity index (χ1) is 22.2. The Balaban J connectivity index is 1.15. The molecule has 47 heavy (non-hydrogen) atoms. The number of amides is 2. The van der Waals surface area contributed by atoms with Gasteiger partial charge in [-0.25, -0.2) is 13.8 Å². The fraction of sp³-hybridized carbons (Fsp3) is 0.622. The zero-order valence-corrected chi connectivity index (χ0v) is 30.7. The van der Waals surface area contributed by atoms with Gasteiger partial charge in [0.05, 0.1) is 0 Å². The van der Waals surface area contributed by atoms with Crippen molar-refractivity contribution in [2.24, 2.45) is 5.92 Å². The van der Waals surface area contributed by atoms with Crippen LogP contribution in [0.25, 0.3) is 11.1 Å². The normalized spacial score (nSPS) is 21.4. The van der Waals surface area contributed by atoms with Crippen molar-refractivity contribution in [3.05, 3.63) is 58.6 Å². The first-order valence-electron chi connectivity index (χ1n) is 17.5. The Morgan fingerprint density at radius 2 is 1.45 bits per heavy atom. The molecule has 3 aliphatic heterocycles. The molecule has 6 nitrogen and oxygen atoms in total. The summed E-state index contributed by atoms with van der Waals surface area (Å²) in [4.78, 5) is 27.9. The number of halogens is 3. The quantitative estimate of drug-likeness (QED) is 0.234. The Kier molecular flexibility index (Phi) is 11.2. The second-order valence-corrected chi connectivity index (χ2v) is 20.6. The molecule has 10 heteroatoms. The zero-order valence-electron chi connectivity index (χ0n) is 28.9. The maximum absolute atomic E-state index is 13.6. The number of carbonyl (C=O) groups is 2. The van der Waals surface area contributed by atoms with E-state index in [1.54, 1.807) is 12.1 Å². The van der Waals surface area contributed by atoms with Crippen molar-refractivity contribution in [2.45, 2.75) is 109 Å². The Morgan fingerprint density at radius 3 is 2.00 bits per heavy atom. The highest BCUT2D eigenvalue weighted by atomic mass is 35.5. The van der Waals surface area contributed by atoms with Crippen LogP contribution in [0.15, 0.2) is 42.5 Å². The average molecular weight is 688 g/mol. The van der Waals surface area contributed by atoms with Crippen molar-refractivity contribution in [3.63, 3.8) is 0 Å². The molecule has 3 saturated heterocycles. The van der Waals surface area contributed by atoms with E-state index in [1.165, 1.54) is 4.90 Å². The van der Waals surface area contributed by atoms with Gasteiger partial charge in [-0.15, -0.1) is 0 Å². The predicted octanol–water partition coefficient (Wildman–Crippen LogP) is 8.84. The van der Waals surface area contributed by atoms with E-state index in [0.717, 1.165) is 55.6 Å². The Morgan fingerprint density at radius 1 is 0.872 bits per heavy atom. The monoisotopic (exact) mass is 687 g/mol. The van der Waals surface area contributed by atoms with Gasteiger partial charge in [0, 0.05) is 68.2 Å². The number of hydrazine groups is 1. The first-order valence-corrected chi connectivity index (χ1v) is 20.0. The van der Waals surface area contributed by atoms with Gasteiger partial charge >= 0.3 is 0 Å². The minimum absolute atomic E-state index is 0.0660. The Hall–Kier alpha value is -2.33. The zero-order chi connectivity index (χ0) is 34.1. The van der Waals surface area contributed by atoms with Gasteiger partial charge in [-0.3, -0.25) is 14.6 Å². The summed E-state index contributed by atoms with van der Waals surface area (Å²) < 4.78 is 34.1. The topological polar surface area (TPSA) is 53.1 Å². The van der Waals surface area contributed by atoms with Gasteiger partial charge in [0.15, 0.2) is 0 Å². The average Bonchev–Trinajstić information content (AvgIpc) is 3.39. The van der Waals surface area contributed by atoms with E-state index >= 15 is 0 Å². The van der Waals surface area contributed by atoms with Gasteiger partial charge < -0.3 is 9.33 Å². The molecular weight excluding hydrogens is 636 g/mol. The van der Waals surface area contributed by atoms with Gasteiger partial charge in [-0.2, -0.15) is 0 Å². The molecule has 5 rings (SSSR count). The van der Waals surface area contributed by atoms with Crippen molar-refractivity contribution in [1.29, 1.82) is 0 Å². The number of hydrogen-bond donors (Lipinski definition) is 0. The number of nitrogens with zero attached hydrogens (tertiary/aromatic N) is 3. The summed E-state index contributed by atoms with van der Waals surface area (Å²) in [5.41, 5.74) is 4.94. The molecule has 0 aromatic heterocycles. The van der Waals surface area contributed by atoms with Gasteiger partial charge in [0.1, 0.15) is 0 Å². The van der Waals surface area contributed by atoms with Gasteiger partial charge in [0.2, 0.25) is 14.2 Å². The molecule has 2 amide bonds. The molecule has 1 unspecified atom stereocenters. The molecule has 0 aliphatic carbocycles. The lowest BCUT2D eigenvalue weighted by molar-refractivity contribution is -0.149. The smallest absolute Gasteiger partial charge is 0.253 e. The SMILES string of the molecule is CC(C)[Si](OC1CCN(N2CCC(Cc3ccc(-c4ccc(C(=O)N5CCC(F)(F)CC5)cc4)cc3Cl)C2=O)CC1)(C(C)C)C(C)C. The van der Waals surface area contributed by atoms with Crippen LogP contribution in [0.2, 0.25) is 21.6 Å². The summed E-state index contributed by atoms with van der Waals surface area (Å²) in [6.45, 7) is 16.5. The van der Waals surface area contributed by atoms with Gasteiger partial charge in [-0.1, -0.05) is 77.4 Å². The maximum Gasteiger partial charge on any atom is 0.253 e. The minimum Gasteiger partial charge on any atom is -0.413 e. The number of piperidine rings is 2. The van der Waals surface area contributed by atoms with Crippen LogP contribution in [-0.2, 0) is 15.6 Å². The molecule has 3 aliphatic rings. The molecule has 2 aromatic rings. The van der Waals surface area contributed by atoms with E-state index in [2.05, 4.69) is 46.6 Å². The lowest BCUT2D eigenvalue weighted by Gasteiger charge is -2.47. The lowest BCUT2D eigenvalue weighted by atomic mass is 9.95. The third kappa shape index (κ3) is 7.79. The summed E-state index contributed by atoms with van der Waals surface area (Å²) in [6, 6.07) is 13.1. The van der Waals surface area contributed by atoms with Crippen LogP contribution in [0.1, 0.15) is 89.6 Å². The number of benzene rings is 2. The maximum atomic E-state index is 13.6. The molecule has 0 bridgehead atoms. The number of rotatable bonds is 10. The molecule has 0 N–H and O–H groups in total. The van der Waals surface area contributed by atoms with Crippen LogP contribution < -0.4 is 0 Å². The molecule has 2 aromatic carbocycles. The van der Waals surface area contributed by atoms with Gasteiger partial charge in [0.25, 0.3) is 11.8 Å². The molecule has 0 radical (unpaired) electrons. The lowest BCUT2D eigenvalue weighted by Crippen LogP contribution is -2.54. The number of likely N-dealkylation sites (tertiary alicyclic amines) is 1. The Bertz CT molecular complexity index is 1380. The highest BCUT2D eigenvalue weighted by Crippen LogP contribution is 2.44. The molecular formula is C37H52ClF2N3O3Si. The number of hydrogen-bond acceptors (Lipinski definition) is 4. The summed E-state index contributed by atoms with van der Waals surface area (Å²) in [5.74, 6) is -2.83. The van der Waals surface area contributed by atoms with Crippen molar-refractivity contribution >= 4 is 31.7 Å². The van der Waals surface area contributed by atoms with E-state index in [9.17, 15) is 18.4 Å². The largest absolute Gasteiger partial charge is 0.413 e. The Labute approximate surface area is 285 Å². The van der Waals surface area contributed by atoms with E-state index in [4.69, 9.17) is 16.0 Å². The molecule has 258 valence electrons. The summed E-state index contributed by atoms with van der Waals surface area (Å²) in [6.07, 6.45) is 2.99. The second kappa shape index (κ2) is 14.6. The fourth-order valence-electron chi connectivity index (χ4n) is 8.27. The van der Waals surface area contributed by atoms with Crippen molar-refractivity contribution in [2.75, 3.05) is 32.7 Å². The highest BCUT2D eigenvalue weighted by molar-refractivity contribution is 6.77. The summed E-state index contributed by atoms with van der Waals surface area (Å²) >= 11 is 6.76. The van der Waals surface area contributed by atoms with Crippen LogP contribution in [0, 0.1) is 5.92 Å². The van der Waals surface area contributed by atoms with Crippen molar-refractivity contribution < 1.29 is 22.8 Å². The van der Waals surface area contributed by atoms with Crippen molar-refractivity contribution in [3.8, 4) is 11.1 Å². The molecule has 0 spiro atoms. The van der Waals surface area contributed by atoms with Gasteiger partial charge in [-0.05, 0) is 77.2 Å². The predicted molar refractivity (Wildman–Crippen MR) is 187 cm³/mol. The molecule has 3 heterocycles. The third-order valence-electron chi connectivity index (χ3n) is 10.9. The van der Waals surface area contributed by atoms with E-state index in [1.807, 2.05) is 35.3 Å². The number of carbonyl (C=O) groups excluding carboxylic acids is 2. The van der Waals surface area contributed by atoms with E-state index in [-0.39, 0.29) is 49.8 Å². The van der Waals surface area contributed by atoms with Crippen LogP contribution in [0.5, 0.6) is 0 Å². The van der Waals surface area contributed by atoms with E-state index in [0.29, 0.717) is 33.6 Å². The van der Waals surface area contributed by atoms with E-state index < -0.39 is 14.2 Å². The first kappa shape index (κ1) is 36.0. The third-order valence-corrected chi connectivity index (χ3v) is 17.4. The fourth-order valence-corrected chi connectivity index (χ4v) is 14.2. The molecule has 3 fully saturated rings. The van der Waals surface area contributed by atoms with Crippen LogP contribution in [-0.4, -0.2) is 79.8 Å². The number of alkyl halides is 2. The second-order valence-electron chi connectivity index (χ2n) is 14.8. The summed E-state index contributed by atoms with van der Waals surface area (Å²) in [7, 11) is -1.93. The van der Waals surface area contributed by atoms with Crippen LogP contribution in [0.4, 0.5) is 8.78 Å². The summed E-state index contributed by atoms with van der Waals surface area (Å²) in [5, 5.41) is 4.83. The highest BCUT2D eigenvalue weighted by Gasteiger charge is 2.47. The van der Waals surface area contributed by atoms with Crippen LogP contribution in [0.3, 0.4) is 0 Å². The molecule has 1 atom stereocenters. The standard InChI is InChI=1S/C37H52ClF2N3O3Si/c1-25(2)47(26(3)4,27(5)6)46-33-14-18-42(19-15-33)43-20-13-32(36(43)45)23-31-12-11-30(24-34(31)38)28-7-9-29(10-8-28)35(44)41-21-16-37(39,40)17-22-41/h7-12,24-27,32-33H,13-23H2,1-6H3. The van der Waals surface area contributed by atoms with Crippen molar-refractivity contribution in [1.82, 2.24) is 14.9 Å².